The lowest BCUT2D eigenvalue weighted by Crippen LogP contribution is -2.52. The van der Waals surface area contributed by atoms with Crippen LogP contribution in [-0.4, -0.2) is 50.5 Å². The molecule has 1 unspecified atom stereocenters. The molecule has 1 atom stereocenters. The first-order valence-electron chi connectivity index (χ1n) is 10.9. The van der Waals surface area contributed by atoms with Crippen molar-refractivity contribution in [3.63, 3.8) is 0 Å². The first-order chi connectivity index (χ1) is 15.6. The second-order valence-electron chi connectivity index (χ2n) is 7.88. The normalized spacial score (nSPS) is 12.2. The minimum Gasteiger partial charge on any atom is -0.354 e. The third-order valence-corrected chi connectivity index (χ3v) is 6.79. The quantitative estimate of drug-likeness (QED) is 0.516. The summed E-state index contributed by atoms with van der Waals surface area (Å²) in [6.45, 7) is 5.70. The van der Waals surface area contributed by atoms with Crippen LogP contribution in [-0.2, 0) is 26.2 Å². The number of halogens is 1. The van der Waals surface area contributed by atoms with Gasteiger partial charge < -0.3 is 10.2 Å². The molecule has 0 bridgehead atoms. The molecule has 2 aromatic carbocycles. The van der Waals surface area contributed by atoms with E-state index in [1.807, 2.05) is 13.8 Å². The van der Waals surface area contributed by atoms with Crippen molar-refractivity contribution in [1.29, 1.82) is 0 Å². The third kappa shape index (κ3) is 7.20. The molecule has 0 aromatic heterocycles. The summed E-state index contributed by atoms with van der Waals surface area (Å²) in [6, 6.07) is 13.3. The zero-order chi connectivity index (χ0) is 24.6. The molecule has 0 heterocycles. The average Bonchev–Trinajstić information content (AvgIpc) is 2.76. The minimum atomic E-state index is -3.76. The summed E-state index contributed by atoms with van der Waals surface area (Å²) >= 11 is 6.33. The molecular formula is C24H32ClN3O4S. The highest BCUT2D eigenvalue weighted by atomic mass is 35.5. The Labute approximate surface area is 201 Å². The predicted molar refractivity (Wildman–Crippen MR) is 133 cm³/mol. The number of aryl methyl sites for hydroxylation is 1. The van der Waals surface area contributed by atoms with Gasteiger partial charge in [0.05, 0.1) is 11.9 Å². The van der Waals surface area contributed by atoms with Crippen molar-refractivity contribution in [3.8, 4) is 0 Å². The molecule has 2 rings (SSSR count). The zero-order valence-electron chi connectivity index (χ0n) is 19.5. The number of carbonyl (C=O) groups excluding carboxylic acids is 2. The maximum Gasteiger partial charge on any atom is 0.244 e. The van der Waals surface area contributed by atoms with E-state index in [9.17, 15) is 18.0 Å². The van der Waals surface area contributed by atoms with Gasteiger partial charge in [0.15, 0.2) is 0 Å². The van der Waals surface area contributed by atoms with Crippen molar-refractivity contribution in [2.75, 3.05) is 23.7 Å². The number of carbonyl (C=O) groups is 2. The van der Waals surface area contributed by atoms with Crippen LogP contribution < -0.4 is 9.62 Å². The Morgan fingerprint density at radius 1 is 1.06 bits per heavy atom. The second-order valence-corrected chi connectivity index (χ2v) is 10.2. The predicted octanol–water partition coefficient (Wildman–Crippen LogP) is 3.75. The van der Waals surface area contributed by atoms with E-state index in [2.05, 4.69) is 5.32 Å². The summed E-state index contributed by atoms with van der Waals surface area (Å²) in [5, 5.41) is 3.32. The number of benzene rings is 2. The largest absolute Gasteiger partial charge is 0.354 e. The third-order valence-electron chi connectivity index (χ3n) is 5.30. The first kappa shape index (κ1) is 26.7. The van der Waals surface area contributed by atoms with Crippen LogP contribution in [0.3, 0.4) is 0 Å². The van der Waals surface area contributed by atoms with Gasteiger partial charge in [0.1, 0.15) is 12.6 Å². The molecule has 180 valence electrons. The summed E-state index contributed by atoms with van der Waals surface area (Å²) in [7, 11) is -3.76. The Morgan fingerprint density at radius 3 is 2.27 bits per heavy atom. The lowest BCUT2D eigenvalue weighted by Gasteiger charge is -2.33. The van der Waals surface area contributed by atoms with E-state index >= 15 is 0 Å². The summed E-state index contributed by atoms with van der Waals surface area (Å²) in [5.74, 6) is -0.761. The molecule has 2 amide bonds. The molecular weight excluding hydrogens is 462 g/mol. The average molecular weight is 494 g/mol. The van der Waals surface area contributed by atoms with E-state index in [4.69, 9.17) is 11.6 Å². The van der Waals surface area contributed by atoms with Gasteiger partial charge >= 0.3 is 0 Å². The number of nitrogens with zero attached hydrogens (tertiary/aromatic N) is 2. The van der Waals surface area contributed by atoms with Gasteiger partial charge in [0, 0.05) is 18.1 Å². The standard InChI is InChI=1S/C24H32ClN3O4S/c1-5-15-26-24(30)21(6-2)27(16-19-12-8-9-13-20(19)25)23(29)17-28(33(4,31)32)22-14-10-7-11-18(22)3/h7-14,21H,5-6,15-17H2,1-4H3,(H,26,30). The SMILES string of the molecule is CCCNC(=O)C(CC)N(Cc1ccccc1Cl)C(=O)CN(c1ccccc1C)S(C)(=O)=O. The Bertz CT molecular complexity index is 1070. The molecule has 0 saturated heterocycles. The van der Waals surface area contributed by atoms with E-state index in [0.29, 0.717) is 29.2 Å². The fourth-order valence-corrected chi connectivity index (χ4v) is 4.64. The molecule has 1 N–H and O–H groups in total. The molecule has 2 aromatic rings. The summed E-state index contributed by atoms with van der Waals surface area (Å²) < 4.78 is 26.3. The number of anilines is 1. The molecule has 0 radical (unpaired) electrons. The van der Waals surface area contributed by atoms with Crippen LogP contribution in [0.25, 0.3) is 0 Å². The Hall–Kier alpha value is -2.58. The van der Waals surface area contributed by atoms with Crippen molar-refractivity contribution in [2.24, 2.45) is 0 Å². The van der Waals surface area contributed by atoms with E-state index in [1.165, 1.54) is 4.90 Å². The van der Waals surface area contributed by atoms with Crippen molar-refractivity contribution < 1.29 is 18.0 Å². The fourth-order valence-electron chi connectivity index (χ4n) is 3.53. The molecule has 0 spiro atoms. The minimum absolute atomic E-state index is 0.0853. The van der Waals surface area contributed by atoms with Crippen molar-refractivity contribution in [3.05, 3.63) is 64.7 Å². The van der Waals surface area contributed by atoms with E-state index in [-0.39, 0.29) is 12.5 Å². The Morgan fingerprint density at radius 2 is 1.70 bits per heavy atom. The summed E-state index contributed by atoms with van der Waals surface area (Å²) in [5.41, 5.74) is 1.83. The highest BCUT2D eigenvalue weighted by Gasteiger charge is 2.32. The van der Waals surface area contributed by atoms with E-state index in [1.54, 1.807) is 55.5 Å². The van der Waals surface area contributed by atoms with Crippen LogP contribution in [0, 0.1) is 6.92 Å². The van der Waals surface area contributed by atoms with Gasteiger partial charge in [-0.25, -0.2) is 8.42 Å². The molecule has 33 heavy (non-hydrogen) atoms. The molecule has 7 nitrogen and oxygen atoms in total. The van der Waals surface area contributed by atoms with Crippen molar-refractivity contribution in [2.45, 2.75) is 46.2 Å². The number of sulfonamides is 1. The molecule has 0 aliphatic rings. The number of hydrogen-bond donors (Lipinski definition) is 1. The second kappa shape index (κ2) is 12.0. The number of nitrogens with one attached hydrogen (secondary N) is 1. The zero-order valence-corrected chi connectivity index (χ0v) is 21.1. The number of rotatable bonds is 11. The van der Waals surface area contributed by atoms with Crippen molar-refractivity contribution >= 4 is 39.1 Å². The van der Waals surface area contributed by atoms with Gasteiger partial charge in [-0.15, -0.1) is 0 Å². The first-order valence-corrected chi connectivity index (χ1v) is 13.2. The van der Waals surface area contributed by atoms with E-state index in [0.717, 1.165) is 22.5 Å². The van der Waals surface area contributed by atoms with Crippen LogP contribution in [0.1, 0.15) is 37.8 Å². The molecule has 0 aliphatic heterocycles. The van der Waals surface area contributed by atoms with Gasteiger partial charge in [0.25, 0.3) is 0 Å². The van der Waals surface area contributed by atoms with Crippen molar-refractivity contribution in [1.82, 2.24) is 10.2 Å². The topological polar surface area (TPSA) is 86.8 Å². The van der Waals surface area contributed by atoms with E-state index < -0.39 is 28.5 Å². The van der Waals surface area contributed by atoms with Gasteiger partial charge in [-0.05, 0) is 43.0 Å². The maximum atomic E-state index is 13.6. The van der Waals surface area contributed by atoms with Crippen LogP contribution in [0.5, 0.6) is 0 Å². The van der Waals surface area contributed by atoms with Crippen LogP contribution in [0.15, 0.2) is 48.5 Å². The van der Waals surface area contributed by atoms with Crippen LogP contribution in [0.2, 0.25) is 5.02 Å². The lowest BCUT2D eigenvalue weighted by atomic mass is 10.1. The molecule has 0 fully saturated rings. The van der Waals surface area contributed by atoms with Crippen LogP contribution in [0.4, 0.5) is 5.69 Å². The highest BCUT2D eigenvalue weighted by molar-refractivity contribution is 7.92. The lowest BCUT2D eigenvalue weighted by molar-refractivity contribution is -0.140. The number of hydrogen-bond acceptors (Lipinski definition) is 4. The summed E-state index contributed by atoms with van der Waals surface area (Å²) in [6.07, 6.45) is 2.20. The Balaban J connectivity index is 2.45. The molecule has 0 saturated carbocycles. The number of para-hydroxylation sites is 1. The monoisotopic (exact) mass is 493 g/mol. The van der Waals surface area contributed by atoms with Gasteiger partial charge in [-0.1, -0.05) is 61.8 Å². The number of amides is 2. The van der Waals surface area contributed by atoms with Gasteiger partial charge in [0.2, 0.25) is 21.8 Å². The van der Waals surface area contributed by atoms with Gasteiger partial charge in [-0.3, -0.25) is 13.9 Å². The Kier molecular flexibility index (Phi) is 9.73. The molecule has 9 heteroatoms. The van der Waals surface area contributed by atoms with Gasteiger partial charge in [-0.2, -0.15) is 0 Å². The smallest absolute Gasteiger partial charge is 0.244 e. The fraction of sp³-hybridized carbons (Fsp3) is 0.417. The maximum absolute atomic E-state index is 13.6. The highest BCUT2D eigenvalue weighted by Crippen LogP contribution is 2.24. The van der Waals surface area contributed by atoms with Crippen LogP contribution >= 0.6 is 11.6 Å². The molecule has 0 aliphatic carbocycles. The summed E-state index contributed by atoms with van der Waals surface area (Å²) in [4.78, 5) is 27.9.